The van der Waals surface area contributed by atoms with Crippen LogP contribution >= 0.6 is 0 Å². The molecule has 2 amide bonds. The van der Waals surface area contributed by atoms with Gasteiger partial charge in [-0.25, -0.2) is 9.18 Å². The molecule has 0 bridgehead atoms. The molecule has 0 aliphatic carbocycles. The molecule has 3 rings (SSSR count). The minimum absolute atomic E-state index is 0.100. The number of benzene rings is 2. The van der Waals surface area contributed by atoms with Gasteiger partial charge in [-0.3, -0.25) is 9.59 Å². The molecule has 1 fully saturated rings. The van der Waals surface area contributed by atoms with E-state index in [1.807, 2.05) is 0 Å². The molecule has 28 heavy (non-hydrogen) atoms. The van der Waals surface area contributed by atoms with Gasteiger partial charge in [0.2, 0.25) is 0 Å². The molecule has 2 aromatic carbocycles. The topological polar surface area (TPSA) is 86.7 Å². The van der Waals surface area contributed by atoms with E-state index in [1.54, 1.807) is 25.1 Å². The Bertz CT molecular complexity index is 959. The molecule has 1 atom stereocenters. The number of anilines is 1. The van der Waals surface area contributed by atoms with Gasteiger partial charge >= 0.3 is 5.97 Å². The monoisotopic (exact) mass is 384 g/mol. The van der Waals surface area contributed by atoms with Crippen LogP contribution in [0.1, 0.15) is 46.0 Å². The van der Waals surface area contributed by atoms with Crippen molar-refractivity contribution < 1.29 is 23.9 Å². The van der Waals surface area contributed by atoms with Crippen molar-refractivity contribution in [2.45, 2.75) is 32.2 Å². The van der Waals surface area contributed by atoms with Crippen LogP contribution in [0, 0.1) is 12.7 Å². The second-order valence-electron chi connectivity index (χ2n) is 7.10. The number of aliphatic carboxylic acids is 1. The Kier molecular flexibility index (Phi) is 5.18. The molecule has 146 valence electrons. The van der Waals surface area contributed by atoms with E-state index in [4.69, 9.17) is 0 Å². The second kappa shape index (κ2) is 7.42. The fourth-order valence-corrected chi connectivity index (χ4v) is 3.39. The summed E-state index contributed by atoms with van der Waals surface area (Å²) >= 11 is 0. The van der Waals surface area contributed by atoms with E-state index >= 15 is 0 Å². The van der Waals surface area contributed by atoms with Crippen molar-refractivity contribution in [2.75, 3.05) is 11.9 Å². The van der Waals surface area contributed by atoms with Crippen molar-refractivity contribution in [3.8, 4) is 0 Å². The first-order chi connectivity index (χ1) is 13.2. The number of amides is 2. The molecule has 6 nitrogen and oxygen atoms in total. The van der Waals surface area contributed by atoms with E-state index in [-0.39, 0.29) is 11.1 Å². The minimum atomic E-state index is -1.25. The summed E-state index contributed by atoms with van der Waals surface area (Å²) < 4.78 is 13.8. The summed E-state index contributed by atoms with van der Waals surface area (Å²) in [5, 5.41) is 12.2. The summed E-state index contributed by atoms with van der Waals surface area (Å²) in [6, 6.07) is 10.4. The van der Waals surface area contributed by atoms with Crippen LogP contribution in [0.5, 0.6) is 0 Å². The zero-order valence-corrected chi connectivity index (χ0v) is 15.7. The van der Waals surface area contributed by atoms with E-state index in [1.165, 1.54) is 36.1 Å². The van der Waals surface area contributed by atoms with E-state index in [2.05, 4.69) is 5.32 Å². The lowest BCUT2D eigenvalue weighted by molar-refractivity contribution is -0.147. The average molecular weight is 384 g/mol. The first-order valence-electron chi connectivity index (χ1n) is 8.96. The van der Waals surface area contributed by atoms with Gasteiger partial charge in [0, 0.05) is 17.8 Å². The maximum absolute atomic E-state index is 13.8. The highest BCUT2D eigenvalue weighted by Gasteiger charge is 2.46. The number of halogens is 1. The summed E-state index contributed by atoms with van der Waals surface area (Å²) in [6.07, 6.45) is 0.994. The number of hydrogen-bond donors (Lipinski definition) is 2. The van der Waals surface area contributed by atoms with Gasteiger partial charge in [-0.15, -0.1) is 0 Å². The molecule has 1 unspecified atom stereocenters. The predicted molar refractivity (Wildman–Crippen MR) is 102 cm³/mol. The predicted octanol–water partition coefficient (Wildman–Crippen LogP) is 3.47. The smallest absolute Gasteiger partial charge is 0.329 e. The highest BCUT2D eigenvalue weighted by Crippen LogP contribution is 2.31. The summed E-state index contributed by atoms with van der Waals surface area (Å²) in [7, 11) is 0. The van der Waals surface area contributed by atoms with Gasteiger partial charge in [-0.1, -0.05) is 18.2 Å². The summed E-state index contributed by atoms with van der Waals surface area (Å²) in [6.45, 7) is 3.64. The number of carboxylic acid groups (broad SMARTS) is 1. The van der Waals surface area contributed by atoms with Crippen LogP contribution in [0.2, 0.25) is 0 Å². The number of hydrogen-bond acceptors (Lipinski definition) is 3. The van der Waals surface area contributed by atoms with Crippen molar-refractivity contribution in [1.82, 2.24) is 4.90 Å². The Morgan fingerprint density at radius 1 is 1.18 bits per heavy atom. The quantitative estimate of drug-likeness (QED) is 0.845. The van der Waals surface area contributed by atoms with E-state index in [0.29, 0.717) is 30.6 Å². The van der Waals surface area contributed by atoms with Crippen LogP contribution in [0.25, 0.3) is 0 Å². The molecule has 7 heteroatoms. The van der Waals surface area contributed by atoms with E-state index in [9.17, 15) is 23.9 Å². The van der Waals surface area contributed by atoms with Crippen LogP contribution in [-0.4, -0.2) is 39.9 Å². The first kappa shape index (κ1) is 19.5. The van der Waals surface area contributed by atoms with E-state index in [0.717, 1.165) is 0 Å². The number of aryl methyl sites for hydroxylation is 1. The number of likely N-dealkylation sites (tertiary alicyclic amines) is 1. The fraction of sp³-hybridized carbons (Fsp3) is 0.286. The molecule has 1 aliphatic heterocycles. The fourth-order valence-electron chi connectivity index (χ4n) is 3.39. The van der Waals surface area contributed by atoms with E-state index < -0.39 is 29.1 Å². The largest absolute Gasteiger partial charge is 0.480 e. The lowest BCUT2D eigenvalue weighted by Gasteiger charge is -2.31. The van der Waals surface area contributed by atoms with Crippen LogP contribution in [-0.2, 0) is 4.79 Å². The molecule has 1 saturated heterocycles. The summed E-state index contributed by atoms with van der Waals surface area (Å²) in [5.74, 6) is -2.72. The van der Waals surface area contributed by atoms with Gasteiger partial charge in [0.1, 0.15) is 11.4 Å². The number of nitrogens with one attached hydrogen (secondary N) is 1. The molecule has 1 heterocycles. The normalized spacial score (nSPS) is 18.8. The van der Waals surface area contributed by atoms with Crippen molar-refractivity contribution >= 4 is 23.5 Å². The van der Waals surface area contributed by atoms with Crippen molar-refractivity contribution in [3.63, 3.8) is 0 Å². The van der Waals surface area contributed by atoms with Crippen LogP contribution in [0.3, 0.4) is 0 Å². The molecule has 0 spiro atoms. The van der Waals surface area contributed by atoms with Crippen molar-refractivity contribution in [1.29, 1.82) is 0 Å². The summed E-state index contributed by atoms with van der Waals surface area (Å²) in [5.41, 5.74) is -0.0159. The molecule has 1 aliphatic rings. The summed E-state index contributed by atoms with van der Waals surface area (Å²) in [4.78, 5) is 38.3. The molecule has 2 aromatic rings. The zero-order chi connectivity index (χ0) is 20.5. The Balaban J connectivity index is 1.87. The Morgan fingerprint density at radius 3 is 2.57 bits per heavy atom. The number of carbonyl (C=O) groups excluding carboxylic acids is 2. The number of nitrogens with zero attached hydrogens (tertiary/aromatic N) is 1. The number of rotatable bonds is 4. The van der Waals surface area contributed by atoms with Gasteiger partial charge in [0.15, 0.2) is 0 Å². The maximum Gasteiger partial charge on any atom is 0.329 e. The average Bonchev–Trinajstić information content (AvgIpc) is 3.06. The first-order valence-corrected chi connectivity index (χ1v) is 8.96. The SMILES string of the molecule is Cc1ccc(C(=O)N2CCCC2(C)C(=O)O)cc1NC(=O)c1ccccc1F. The Labute approximate surface area is 162 Å². The molecule has 2 N–H and O–H groups in total. The minimum Gasteiger partial charge on any atom is -0.480 e. The lowest BCUT2D eigenvalue weighted by Crippen LogP contribution is -2.50. The van der Waals surface area contributed by atoms with Crippen molar-refractivity contribution in [2.24, 2.45) is 0 Å². The van der Waals surface area contributed by atoms with Crippen LogP contribution in [0.15, 0.2) is 42.5 Å². The highest BCUT2D eigenvalue weighted by atomic mass is 19.1. The van der Waals surface area contributed by atoms with Gasteiger partial charge in [-0.2, -0.15) is 0 Å². The Morgan fingerprint density at radius 2 is 1.89 bits per heavy atom. The third kappa shape index (κ3) is 3.47. The standard InChI is InChI=1S/C21H21FN2O4/c1-13-8-9-14(19(26)24-11-5-10-21(24,2)20(27)28)12-17(13)23-18(25)15-6-3-4-7-16(15)22/h3-4,6-9,12H,5,10-11H2,1-2H3,(H,23,25)(H,27,28). The molecule has 0 radical (unpaired) electrons. The highest BCUT2D eigenvalue weighted by molar-refractivity contribution is 6.06. The van der Waals surface area contributed by atoms with Crippen LogP contribution < -0.4 is 5.32 Å². The van der Waals surface area contributed by atoms with Gasteiger partial charge in [0.05, 0.1) is 5.56 Å². The van der Waals surface area contributed by atoms with Gasteiger partial charge in [-0.05, 0) is 56.5 Å². The third-order valence-electron chi connectivity index (χ3n) is 5.20. The van der Waals surface area contributed by atoms with Gasteiger partial charge < -0.3 is 15.3 Å². The zero-order valence-electron chi connectivity index (χ0n) is 15.7. The Hall–Kier alpha value is -3.22. The molecule has 0 aromatic heterocycles. The molecular formula is C21H21FN2O4. The number of carbonyl (C=O) groups is 3. The lowest BCUT2D eigenvalue weighted by atomic mass is 9.98. The second-order valence-corrected chi connectivity index (χ2v) is 7.10. The van der Waals surface area contributed by atoms with Crippen LogP contribution in [0.4, 0.5) is 10.1 Å². The third-order valence-corrected chi connectivity index (χ3v) is 5.20. The maximum atomic E-state index is 13.8. The molecular weight excluding hydrogens is 363 g/mol. The van der Waals surface area contributed by atoms with Crippen molar-refractivity contribution in [3.05, 3.63) is 65.0 Å². The number of carboxylic acids is 1. The van der Waals surface area contributed by atoms with Gasteiger partial charge in [0.25, 0.3) is 11.8 Å². The molecule has 0 saturated carbocycles.